The van der Waals surface area contributed by atoms with Crippen molar-refractivity contribution in [3.63, 3.8) is 0 Å². The summed E-state index contributed by atoms with van der Waals surface area (Å²) in [5.74, 6) is 0. The smallest absolute Gasteiger partial charge is 0.410 e. The number of rotatable bonds is 3. The van der Waals surface area contributed by atoms with Gasteiger partial charge in [-0.2, -0.15) is 0 Å². The van der Waals surface area contributed by atoms with Crippen molar-refractivity contribution in [1.82, 2.24) is 9.80 Å². The lowest BCUT2D eigenvalue weighted by Gasteiger charge is -2.35. The largest absolute Gasteiger partial charge is 0.444 e. The van der Waals surface area contributed by atoms with Gasteiger partial charge in [0.25, 0.3) is 0 Å². The Balaban J connectivity index is 0.00000289. The number of hydrogen-bond donors (Lipinski definition) is 0. The number of carbonyl (C=O) groups is 1. The molecule has 0 N–H and O–H groups in total. The number of methoxy groups -OCH3 is 1. The van der Waals surface area contributed by atoms with Crippen molar-refractivity contribution in [2.75, 3.05) is 46.4 Å². The van der Waals surface area contributed by atoms with Crippen LogP contribution in [0.25, 0.3) is 0 Å². The van der Waals surface area contributed by atoms with Gasteiger partial charge in [-0.05, 0) is 20.8 Å². The Bertz CT molecular complexity index is 248. The molecule has 6 heteroatoms. The van der Waals surface area contributed by atoms with Crippen LogP contribution in [-0.2, 0) is 9.47 Å². The molecule has 0 bridgehead atoms. The molecule has 1 saturated heterocycles. The highest BCUT2D eigenvalue weighted by atomic mass is 35.5. The number of ether oxygens (including phenoxy) is 2. The van der Waals surface area contributed by atoms with E-state index in [9.17, 15) is 4.79 Å². The molecule has 1 aliphatic heterocycles. The highest BCUT2D eigenvalue weighted by Gasteiger charge is 2.25. The van der Waals surface area contributed by atoms with Gasteiger partial charge in [-0.3, -0.25) is 4.90 Å². The molecule has 108 valence electrons. The molecule has 1 rings (SSSR count). The molecule has 18 heavy (non-hydrogen) atoms. The molecule has 5 nitrogen and oxygen atoms in total. The van der Waals surface area contributed by atoms with Gasteiger partial charge in [-0.25, -0.2) is 4.79 Å². The van der Waals surface area contributed by atoms with E-state index in [1.54, 1.807) is 12.0 Å². The molecule has 1 fully saturated rings. The molecule has 0 aliphatic carbocycles. The third-order valence-electron chi connectivity index (χ3n) is 2.64. The highest BCUT2D eigenvalue weighted by Crippen LogP contribution is 2.11. The van der Waals surface area contributed by atoms with Gasteiger partial charge < -0.3 is 14.4 Å². The fraction of sp³-hybridized carbons (Fsp3) is 0.917. The van der Waals surface area contributed by atoms with Crippen molar-refractivity contribution in [3.8, 4) is 0 Å². The SMILES string of the molecule is COCCN1CCN(C(=O)OC(C)(C)C)CC1.Cl. The molecule has 0 saturated carbocycles. The second-order valence-electron chi connectivity index (χ2n) is 5.30. The van der Waals surface area contributed by atoms with Gasteiger partial charge in [0.2, 0.25) is 0 Å². The Morgan fingerprint density at radius 1 is 1.17 bits per heavy atom. The Labute approximate surface area is 116 Å². The van der Waals surface area contributed by atoms with Gasteiger partial charge in [-0.1, -0.05) is 0 Å². The van der Waals surface area contributed by atoms with E-state index in [0.29, 0.717) is 0 Å². The number of carbonyl (C=O) groups excluding carboxylic acids is 1. The van der Waals surface area contributed by atoms with Crippen molar-refractivity contribution in [1.29, 1.82) is 0 Å². The summed E-state index contributed by atoms with van der Waals surface area (Å²) in [4.78, 5) is 15.9. The topological polar surface area (TPSA) is 42.0 Å². The minimum absolute atomic E-state index is 0. The van der Waals surface area contributed by atoms with E-state index in [0.717, 1.165) is 39.3 Å². The van der Waals surface area contributed by atoms with E-state index in [4.69, 9.17) is 9.47 Å². The number of hydrogen-bond acceptors (Lipinski definition) is 4. The zero-order chi connectivity index (χ0) is 12.9. The average Bonchev–Trinajstić information content (AvgIpc) is 2.24. The van der Waals surface area contributed by atoms with Crippen LogP contribution in [-0.4, -0.2) is 67.9 Å². The predicted octanol–water partition coefficient (Wildman–Crippen LogP) is 1.61. The van der Waals surface area contributed by atoms with Crippen LogP contribution < -0.4 is 0 Å². The summed E-state index contributed by atoms with van der Waals surface area (Å²) in [6.07, 6.45) is -0.205. The second kappa shape index (κ2) is 7.81. The van der Waals surface area contributed by atoms with Crippen LogP contribution >= 0.6 is 12.4 Å². The van der Waals surface area contributed by atoms with Crippen LogP contribution in [0.3, 0.4) is 0 Å². The van der Waals surface area contributed by atoms with Gasteiger partial charge in [0.1, 0.15) is 5.60 Å². The summed E-state index contributed by atoms with van der Waals surface area (Å²) in [5, 5.41) is 0. The minimum Gasteiger partial charge on any atom is -0.444 e. The first-order valence-corrected chi connectivity index (χ1v) is 6.11. The first kappa shape index (κ1) is 17.5. The van der Waals surface area contributed by atoms with Gasteiger partial charge in [0, 0.05) is 39.8 Å². The van der Waals surface area contributed by atoms with Crippen molar-refractivity contribution >= 4 is 18.5 Å². The van der Waals surface area contributed by atoms with Crippen LogP contribution in [0.4, 0.5) is 4.79 Å². The molecule has 0 unspecified atom stereocenters. The fourth-order valence-corrected chi connectivity index (χ4v) is 1.70. The zero-order valence-electron chi connectivity index (χ0n) is 11.8. The van der Waals surface area contributed by atoms with Crippen LogP contribution in [0.1, 0.15) is 20.8 Å². The normalized spacial score (nSPS) is 17.2. The monoisotopic (exact) mass is 280 g/mol. The summed E-state index contributed by atoms with van der Waals surface area (Å²) in [7, 11) is 1.71. The minimum atomic E-state index is -0.412. The molecule has 0 aromatic rings. The first-order chi connectivity index (χ1) is 7.92. The van der Waals surface area contributed by atoms with Gasteiger partial charge in [0.05, 0.1) is 6.61 Å². The van der Waals surface area contributed by atoms with Gasteiger partial charge in [0.15, 0.2) is 0 Å². The quantitative estimate of drug-likeness (QED) is 0.788. The lowest BCUT2D eigenvalue weighted by molar-refractivity contribution is 0.0127. The number of nitrogens with zero attached hydrogens (tertiary/aromatic N) is 2. The standard InChI is InChI=1S/C12H24N2O3.ClH/c1-12(2,3)17-11(15)14-7-5-13(6-8-14)9-10-16-4;/h5-10H2,1-4H3;1H. The Morgan fingerprint density at radius 2 is 1.72 bits per heavy atom. The molecule has 0 atom stereocenters. The molecule has 1 heterocycles. The van der Waals surface area contributed by atoms with E-state index in [-0.39, 0.29) is 18.5 Å². The lowest BCUT2D eigenvalue weighted by Crippen LogP contribution is -2.50. The molecule has 1 aliphatic rings. The lowest BCUT2D eigenvalue weighted by atomic mass is 10.2. The number of halogens is 1. The summed E-state index contributed by atoms with van der Waals surface area (Å²) < 4.78 is 10.4. The number of amides is 1. The highest BCUT2D eigenvalue weighted by molar-refractivity contribution is 5.85. The molecule has 0 aromatic heterocycles. The van der Waals surface area contributed by atoms with Crippen molar-refractivity contribution in [2.24, 2.45) is 0 Å². The third-order valence-corrected chi connectivity index (χ3v) is 2.64. The third kappa shape index (κ3) is 6.42. The van der Waals surface area contributed by atoms with E-state index in [2.05, 4.69) is 4.90 Å². The second-order valence-corrected chi connectivity index (χ2v) is 5.30. The maximum atomic E-state index is 11.8. The molecule has 0 radical (unpaired) electrons. The van der Waals surface area contributed by atoms with Crippen molar-refractivity contribution in [2.45, 2.75) is 26.4 Å². The fourth-order valence-electron chi connectivity index (χ4n) is 1.70. The Hall–Kier alpha value is -0.520. The van der Waals surface area contributed by atoms with E-state index >= 15 is 0 Å². The van der Waals surface area contributed by atoms with E-state index in [1.807, 2.05) is 20.8 Å². The molecular weight excluding hydrogens is 256 g/mol. The van der Waals surface area contributed by atoms with Crippen LogP contribution in [0.5, 0.6) is 0 Å². The molecule has 1 amide bonds. The van der Waals surface area contributed by atoms with Crippen LogP contribution in [0.15, 0.2) is 0 Å². The molecule has 0 aromatic carbocycles. The molecule has 0 spiro atoms. The van der Waals surface area contributed by atoms with Crippen LogP contribution in [0.2, 0.25) is 0 Å². The summed E-state index contributed by atoms with van der Waals surface area (Å²) >= 11 is 0. The maximum absolute atomic E-state index is 11.8. The van der Waals surface area contributed by atoms with Crippen molar-refractivity contribution < 1.29 is 14.3 Å². The maximum Gasteiger partial charge on any atom is 0.410 e. The number of piperazine rings is 1. The average molecular weight is 281 g/mol. The summed E-state index contributed by atoms with van der Waals surface area (Å²) in [6, 6.07) is 0. The first-order valence-electron chi connectivity index (χ1n) is 6.11. The molecular formula is C12H25ClN2O3. The van der Waals surface area contributed by atoms with Crippen LogP contribution in [0, 0.1) is 0 Å². The Kier molecular flexibility index (Phi) is 7.59. The summed E-state index contributed by atoms with van der Waals surface area (Å²) in [6.45, 7) is 10.6. The van der Waals surface area contributed by atoms with Gasteiger partial charge in [-0.15, -0.1) is 12.4 Å². The van der Waals surface area contributed by atoms with E-state index < -0.39 is 5.60 Å². The summed E-state index contributed by atoms with van der Waals surface area (Å²) in [5.41, 5.74) is -0.412. The predicted molar refractivity (Wildman–Crippen MR) is 73.4 cm³/mol. The van der Waals surface area contributed by atoms with Gasteiger partial charge >= 0.3 is 6.09 Å². The Morgan fingerprint density at radius 3 is 2.17 bits per heavy atom. The zero-order valence-corrected chi connectivity index (χ0v) is 12.6. The van der Waals surface area contributed by atoms with Crippen molar-refractivity contribution in [3.05, 3.63) is 0 Å². The van der Waals surface area contributed by atoms with E-state index in [1.165, 1.54) is 0 Å².